The Labute approximate surface area is 135 Å². The van der Waals surface area contributed by atoms with Crippen molar-refractivity contribution in [1.82, 2.24) is 4.40 Å². The number of thiazole rings is 1. The summed E-state index contributed by atoms with van der Waals surface area (Å²) >= 11 is 5.21. The Hall–Kier alpha value is -1.00. The Morgan fingerprint density at radius 1 is 1.24 bits per heavy atom. The van der Waals surface area contributed by atoms with Gasteiger partial charge in [-0.1, -0.05) is 27.3 Å². The van der Waals surface area contributed by atoms with Crippen LogP contribution in [0.2, 0.25) is 0 Å². The molecule has 2 heterocycles. The van der Waals surface area contributed by atoms with Gasteiger partial charge in [-0.15, -0.1) is 0 Å². The van der Waals surface area contributed by atoms with Gasteiger partial charge in [-0.05, 0) is 24.3 Å². The molecule has 1 aromatic carbocycles. The van der Waals surface area contributed by atoms with E-state index in [0.29, 0.717) is 0 Å². The van der Waals surface area contributed by atoms with Crippen LogP contribution in [-0.4, -0.2) is 18.4 Å². The van der Waals surface area contributed by atoms with Gasteiger partial charge in [0.05, 0.1) is 7.05 Å². The fourth-order valence-electron chi connectivity index (χ4n) is 1.78. The molecule has 0 atom stereocenters. The van der Waals surface area contributed by atoms with Gasteiger partial charge in [0.15, 0.2) is 5.69 Å². The predicted molar refractivity (Wildman–Crippen MR) is 76.2 cm³/mol. The monoisotopic (exact) mass is 395 g/mol. The molecule has 21 heavy (non-hydrogen) atoms. The molecule has 0 amide bonds. The van der Waals surface area contributed by atoms with Crippen LogP contribution in [0, 0.1) is 10.2 Å². The molecular formula is C12H13BrClN2O4S+. The van der Waals surface area contributed by atoms with Crippen LogP contribution in [0.3, 0.4) is 0 Å². The summed E-state index contributed by atoms with van der Waals surface area (Å²) in [5.74, 6) is 0. The average Bonchev–Trinajstić information content (AvgIpc) is 2.92. The number of hydrogen-bond acceptors (Lipinski definition) is 5. The van der Waals surface area contributed by atoms with Crippen LogP contribution in [-0.2, 0) is 7.05 Å². The summed E-state index contributed by atoms with van der Waals surface area (Å²) in [4.78, 5) is 1.25. The predicted octanol–water partition coefficient (Wildman–Crippen LogP) is 0.395. The first-order valence-corrected chi connectivity index (χ1v) is 8.61. The molecule has 0 saturated carbocycles. The molecule has 0 aliphatic carbocycles. The third kappa shape index (κ3) is 4.48. The standard InChI is InChI=1S/C12H10BrN2S.ClH3O4/c1-14-6-7-15-11(8-16-12(14)15)9-2-4-10(13)5-3-9;2-1(3,4)5/h2-8H,1H3;2-4H/q+1;. The third-order valence-electron chi connectivity index (χ3n) is 2.62. The number of hydrogen-bond donors (Lipinski definition) is 3. The number of aryl methyl sites for hydroxylation is 1. The Morgan fingerprint density at radius 2 is 1.81 bits per heavy atom. The third-order valence-corrected chi connectivity index (χ3v) is 4.19. The molecule has 114 valence electrons. The first-order chi connectivity index (χ1) is 9.75. The van der Waals surface area contributed by atoms with Gasteiger partial charge in [-0.3, -0.25) is 0 Å². The molecule has 3 aromatic rings. The van der Waals surface area contributed by atoms with Crippen molar-refractivity contribution >= 4 is 32.2 Å². The molecule has 6 nitrogen and oxygen atoms in total. The summed E-state index contributed by atoms with van der Waals surface area (Å²) in [7, 11) is -2.13. The SMILES string of the molecule is C[n+]1ccn2c(-c3ccc(Br)cc3)csc21.[O-][Cl+](O)(O)O. The minimum absolute atomic E-state index is 1.11. The van der Waals surface area contributed by atoms with Gasteiger partial charge in [0.25, 0.3) is 0 Å². The number of nitrogens with zero attached hydrogens (tertiary/aromatic N) is 2. The van der Waals surface area contributed by atoms with E-state index in [2.05, 4.69) is 74.0 Å². The molecule has 0 fully saturated rings. The number of halogens is 2. The van der Waals surface area contributed by atoms with Gasteiger partial charge in [-0.25, -0.2) is 4.57 Å². The van der Waals surface area contributed by atoms with Crippen molar-refractivity contribution < 1.29 is 33.4 Å². The van der Waals surface area contributed by atoms with Crippen molar-refractivity contribution in [2.24, 2.45) is 7.05 Å². The van der Waals surface area contributed by atoms with Crippen molar-refractivity contribution in [3.8, 4) is 11.3 Å². The van der Waals surface area contributed by atoms with Crippen molar-refractivity contribution in [3.05, 3.63) is 46.5 Å². The van der Waals surface area contributed by atoms with Crippen LogP contribution in [0.15, 0.2) is 46.5 Å². The molecule has 0 spiro atoms. The molecular weight excluding hydrogens is 384 g/mol. The summed E-state index contributed by atoms with van der Waals surface area (Å²) in [6.07, 6.45) is 4.18. The van der Waals surface area contributed by atoms with E-state index < -0.39 is 10.2 Å². The molecule has 0 aliphatic rings. The zero-order valence-electron chi connectivity index (χ0n) is 10.8. The van der Waals surface area contributed by atoms with E-state index in [0.717, 1.165) is 4.47 Å². The van der Waals surface area contributed by atoms with Crippen LogP contribution in [0.5, 0.6) is 0 Å². The molecule has 0 saturated heterocycles. The van der Waals surface area contributed by atoms with Crippen molar-refractivity contribution in [2.75, 3.05) is 0 Å². The molecule has 3 rings (SSSR count). The quantitative estimate of drug-likeness (QED) is 0.519. The Morgan fingerprint density at radius 3 is 2.38 bits per heavy atom. The van der Waals surface area contributed by atoms with E-state index in [4.69, 9.17) is 18.6 Å². The van der Waals surface area contributed by atoms with Crippen molar-refractivity contribution in [1.29, 1.82) is 0 Å². The topological polar surface area (TPSA) is 92.0 Å². The van der Waals surface area contributed by atoms with Gasteiger partial charge < -0.3 is 0 Å². The Balaban J connectivity index is 0.000000282. The summed E-state index contributed by atoms with van der Waals surface area (Å²) in [5.41, 5.74) is 2.48. The van der Waals surface area contributed by atoms with Crippen LogP contribution in [0.1, 0.15) is 0 Å². The minimum atomic E-state index is -4.19. The summed E-state index contributed by atoms with van der Waals surface area (Å²) in [5, 5.41) is 2.19. The summed E-state index contributed by atoms with van der Waals surface area (Å²) in [6, 6.07) is 8.40. The Bertz CT molecular complexity index is 730. The fourth-order valence-corrected chi connectivity index (χ4v) is 3.01. The molecule has 0 aliphatic heterocycles. The molecule has 3 N–H and O–H groups in total. The molecule has 2 aromatic heterocycles. The first kappa shape index (κ1) is 16.4. The molecule has 0 bridgehead atoms. The first-order valence-electron chi connectivity index (χ1n) is 5.62. The summed E-state index contributed by atoms with van der Waals surface area (Å²) in [6.45, 7) is 0. The van der Waals surface area contributed by atoms with E-state index in [9.17, 15) is 0 Å². The maximum atomic E-state index is 8.83. The maximum absolute atomic E-state index is 8.83. The van der Waals surface area contributed by atoms with Gasteiger partial charge in [-0.2, -0.15) is 4.40 Å². The van der Waals surface area contributed by atoms with Crippen LogP contribution in [0.4, 0.5) is 0 Å². The van der Waals surface area contributed by atoms with E-state index in [-0.39, 0.29) is 0 Å². The normalized spacial score (nSPS) is 12.1. The van der Waals surface area contributed by atoms with Gasteiger partial charge in [0, 0.05) is 15.4 Å². The summed E-state index contributed by atoms with van der Waals surface area (Å²) < 4.78 is 35.7. The second kappa shape index (κ2) is 6.41. The average molecular weight is 397 g/mol. The van der Waals surface area contributed by atoms with E-state index in [1.165, 1.54) is 16.2 Å². The van der Waals surface area contributed by atoms with Crippen LogP contribution in [0.25, 0.3) is 16.2 Å². The van der Waals surface area contributed by atoms with Crippen molar-refractivity contribution in [2.45, 2.75) is 0 Å². The number of imidazole rings is 1. The number of rotatable bonds is 1. The molecule has 9 heteroatoms. The Kier molecular flexibility index (Phi) is 4.99. The van der Waals surface area contributed by atoms with E-state index in [1.54, 1.807) is 11.3 Å². The molecule has 0 unspecified atom stereocenters. The number of aromatic nitrogens is 2. The second-order valence-corrected chi connectivity index (χ2v) is 6.74. The number of fused-ring (bicyclic) bond motifs is 1. The van der Waals surface area contributed by atoms with Gasteiger partial charge >= 0.3 is 33.8 Å². The van der Waals surface area contributed by atoms with E-state index >= 15 is 0 Å². The van der Waals surface area contributed by atoms with E-state index in [1.807, 2.05) is 0 Å². The van der Waals surface area contributed by atoms with Gasteiger partial charge in [0.1, 0.15) is 12.4 Å². The molecule has 0 radical (unpaired) electrons. The number of benzene rings is 1. The zero-order chi connectivity index (χ0) is 15.6. The van der Waals surface area contributed by atoms with Crippen molar-refractivity contribution in [3.63, 3.8) is 0 Å². The second-order valence-electron chi connectivity index (χ2n) is 4.12. The zero-order valence-corrected chi connectivity index (χ0v) is 14.0. The van der Waals surface area contributed by atoms with Crippen LogP contribution < -0.4 is 9.23 Å². The van der Waals surface area contributed by atoms with Gasteiger partial charge in [0.2, 0.25) is 0 Å². The fraction of sp³-hybridized carbons (Fsp3) is 0.0833. The van der Waals surface area contributed by atoms with Crippen LogP contribution >= 0.6 is 27.3 Å².